The van der Waals surface area contributed by atoms with Crippen molar-refractivity contribution >= 4 is 11.9 Å². The number of nitrogens with zero attached hydrogens (tertiary/aromatic N) is 1. The lowest BCUT2D eigenvalue weighted by atomic mass is 9.79. The van der Waals surface area contributed by atoms with Gasteiger partial charge in [0.2, 0.25) is 5.91 Å². The molecule has 0 saturated heterocycles. The molecular weight excluding hydrogens is 220 g/mol. The lowest BCUT2D eigenvalue weighted by Crippen LogP contribution is -2.38. The summed E-state index contributed by atoms with van der Waals surface area (Å²) in [5, 5.41) is 9.10. The first-order valence-corrected chi connectivity index (χ1v) is 5.85. The number of hydrogen-bond donors (Lipinski definition) is 2. The van der Waals surface area contributed by atoms with E-state index in [2.05, 4.69) is 5.43 Å². The van der Waals surface area contributed by atoms with Crippen molar-refractivity contribution in [1.29, 1.82) is 0 Å². The van der Waals surface area contributed by atoms with Gasteiger partial charge < -0.3 is 5.11 Å². The van der Waals surface area contributed by atoms with Crippen LogP contribution < -0.4 is 5.43 Å². The Bertz CT molecular complexity index is 400. The molecule has 0 bridgehead atoms. The van der Waals surface area contributed by atoms with Crippen molar-refractivity contribution < 1.29 is 14.7 Å². The number of carbonyl (C=O) groups is 2. The van der Waals surface area contributed by atoms with Crippen LogP contribution in [0.4, 0.5) is 0 Å². The first-order valence-electron chi connectivity index (χ1n) is 5.85. The maximum Gasteiger partial charge on any atom is 0.307 e. The zero-order valence-corrected chi connectivity index (χ0v) is 9.50. The van der Waals surface area contributed by atoms with E-state index in [0.717, 1.165) is 12.8 Å². The third kappa shape index (κ3) is 2.67. The largest absolute Gasteiger partial charge is 0.481 e. The van der Waals surface area contributed by atoms with Crippen LogP contribution in [0.15, 0.2) is 24.5 Å². The monoisotopic (exact) mass is 236 g/mol. The molecule has 1 fully saturated rings. The van der Waals surface area contributed by atoms with Gasteiger partial charge in [-0.15, -0.1) is 0 Å². The predicted molar refractivity (Wildman–Crippen MR) is 61.9 cm³/mol. The number of amides is 1. The average Bonchev–Trinajstić information content (AvgIpc) is 2.81. The third-order valence-electron chi connectivity index (χ3n) is 3.26. The number of aromatic nitrogens is 1. The van der Waals surface area contributed by atoms with E-state index in [1.807, 2.05) is 0 Å². The summed E-state index contributed by atoms with van der Waals surface area (Å²) in [6.45, 7) is 0. The Morgan fingerprint density at radius 1 is 1.12 bits per heavy atom. The average molecular weight is 236 g/mol. The standard InChI is InChI=1S/C12H16N2O3/c15-11(13-14-7-3-4-8-14)9-5-1-2-6-10(9)12(16)17/h3-4,7-10H,1-2,5-6H2,(H,13,15)(H,16,17). The molecule has 0 aromatic carbocycles. The number of rotatable bonds is 3. The Morgan fingerprint density at radius 3 is 2.29 bits per heavy atom. The molecule has 1 aliphatic carbocycles. The molecule has 0 spiro atoms. The van der Waals surface area contributed by atoms with Crippen molar-refractivity contribution in [3.8, 4) is 0 Å². The molecule has 1 amide bonds. The molecule has 0 radical (unpaired) electrons. The van der Waals surface area contributed by atoms with Crippen LogP contribution in [-0.2, 0) is 9.59 Å². The van der Waals surface area contributed by atoms with E-state index >= 15 is 0 Å². The van der Waals surface area contributed by atoms with Gasteiger partial charge in [0.15, 0.2) is 0 Å². The van der Waals surface area contributed by atoms with Crippen LogP contribution in [0.5, 0.6) is 0 Å². The predicted octanol–water partition coefficient (Wildman–Crippen LogP) is 1.45. The van der Waals surface area contributed by atoms with Gasteiger partial charge >= 0.3 is 5.97 Å². The minimum atomic E-state index is -0.864. The topological polar surface area (TPSA) is 71.3 Å². The highest BCUT2D eigenvalue weighted by Gasteiger charge is 2.35. The number of carboxylic acid groups (broad SMARTS) is 1. The summed E-state index contributed by atoms with van der Waals surface area (Å²) in [5.41, 5.74) is 2.69. The van der Waals surface area contributed by atoms with Gasteiger partial charge in [-0.3, -0.25) is 19.7 Å². The molecular formula is C12H16N2O3. The molecule has 2 rings (SSSR count). The Morgan fingerprint density at radius 2 is 1.71 bits per heavy atom. The van der Waals surface area contributed by atoms with Crippen molar-refractivity contribution in [3.63, 3.8) is 0 Å². The van der Waals surface area contributed by atoms with Gasteiger partial charge in [-0.1, -0.05) is 12.8 Å². The lowest BCUT2D eigenvalue weighted by molar-refractivity contribution is -0.148. The molecule has 2 unspecified atom stereocenters. The normalized spacial score (nSPS) is 24.2. The fourth-order valence-electron chi connectivity index (χ4n) is 2.36. The number of nitrogens with one attached hydrogen (secondary N) is 1. The quantitative estimate of drug-likeness (QED) is 0.834. The van der Waals surface area contributed by atoms with Gasteiger partial charge in [0.05, 0.1) is 11.8 Å². The SMILES string of the molecule is O=C(O)C1CCCCC1C(=O)Nn1cccc1. The molecule has 0 aliphatic heterocycles. The Kier molecular flexibility index (Phi) is 3.46. The van der Waals surface area contributed by atoms with Gasteiger partial charge in [0.1, 0.15) is 0 Å². The van der Waals surface area contributed by atoms with Gasteiger partial charge in [0, 0.05) is 12.4 Å². The van der Waals surface area contributed by atoms with Crippen LogP contribution in [0.3, 0.4) is 0 Å². The fourth-order valence-corrected chi connectivity index (χ4v) is 2.36. The molecule has 5 heteroatoms. The smallest absolute Gasteiger partial charge is 0.307 e. The van der Waals surface area contributed by atoms with E-state index in [9.17, 15) is 9.59 Å². The summed E-state index contributed by atoms with van der Waals surface area (Å²) < 4.78 is 1.55. The van der Waals surface area contributed by atoms with E-state index in [-0.39, 0.29) is 5.91 Å². The molecule has 1 heterocycles. The first-order chi connectivity index (χ1) is 8.18. The molecule has 92 valence electrons. The van der Waals surface area contributed by atoms with Gasteiger partial charge in [-0.2, -0.15) is 0 Å². The molecule has 2 atom stereocenters. The number of carboxylic acids is 1. The van der Waals surface area contributed by atoms with Crippen LogP contribution in [0, 0.1) is 11.8 Å². The van der Waals surface area contributed by atoms with E-state index in [1.54, 1.807) is 29.2 Å². The molecule has 1 aliphatic rings. The van der Waals surface area contributed by atoms with Crippen LogP contribution >= 0.6 is 0 Å². The highest BCUT2D eigenvalue weighted by atomic mass is 16.4. The van der Waals surface area contributed by atoms with Gasteiger partial charge in [-0.05, 0) is 25.0 Å². The minimum absolute atomic E-state index is 0.201. The molecule has 17 heavy (non-hydrogen) atoms. The van der Waals surface area contributed by atoms with Crippen LogP contribution in [0.25, 0.3) is 0 Å². The molecule has 1 aromatic heterocycles. The van der Waals surface area contributed by atoms with E-state index < -0.39 is 17.8 Å². The molecule has 1 aromatic rings. The maximum absolute atomic E-state index is 12.0. The Balaban J connectivity index is 2.03. The Hall–Kier alpha value is -1.78. The second kappa shape index (κ2) is 5.03. The second-order valence-electron chi connectivity index (χ2n) is 4.40. The van der Waals surface area contributed by atoms with E-state index in [0.29, 0.717) is 12.8 Å². The lowest BCUT2D eigenvalue weighted by Gasteiger charge is -2.27. The first kappa shape index (κ1) is 11.7. The van der Waals surface area contributed by atoms with Crippen molar-refractivity contribution in [1.82, 2.24) is 4.68 Å². The van der Waals surface area contributed by atoms with Crippen LogP contribution in [0.2, 0.25) is 0 Å². The Labute approximate surface area is 99.4 Å². The number of hydrogen-bond acceptors (Lipinski definition) is 2. The van der Waals surface area contributed by atoms with E-state index in [1.165, 1.54) is 0 Å². The number of aliphatic carboxylic acids is 1. The van der Waals surface area contributed by atoms with Crippen LogP contribution in [0.1, 0.15) is 25.7 Å². The summed E-state index contributed by atoms with van der Waals surface area (Å²) in [6, 6.07) is 3.60. The van der Waals surface area contributed by atoms with Crippen molar-refractivity contribution in [2.24, 2.45) is 11.8 Å². The summed E-state index contributed by atoms with van der Waals surface area (Å²) in [5.74, 6) is -2.02. The van der Waals surface area contributed by atoms with Gasteiger partial charge in [0.25, 0.3) is 0 Å². The highest BCUT2D eigenvalue weighted by Crippen LogP contribution is 2.30. The molecule has 2 N–H and O–H groups in total. The van der Waals surface area contributed by atoms with Crippen molar-refractivity contribution in [2.75, 3.05) is 5.43 Å². The van der Waals surface area contributed by atoms with E-state index in [4.69, 9.17) is 5.11 Å². The summed E-state index contributed by atoms with van der Waals surface area (Å²) >= 11 is 0. The molecule has 5 nitrogen and oxygen atoms in total. The fraction of sp³-hybridized carbons (Fsp3) is 0.500. The van der Waals surface area contributed by atoms with Crippen LogP contribution in [-0.4, -0.2) is 21.7 Å². The zero-order valence-electron chi connectivity index (χ0n) is 9.50. The third-order valence-corrected chi connectivity index (χ3v) is 3.26. The zero-order chi connectivity index (χ0) is 12.3. The second-order valence-corrected chi connectivity index (χ2v) is 4.40. The minimum Gasteiger partial charge on any atom is -0.481 e. The molecule has 1 saturated carbocycles. The maximum atomic E-state index is 12.0. The summed E-state index contributed by atoms with van der Waals surface area (Å²) in [4.78, 5) is 23.1. The summed E-state index contributed by atoms with van der Waals surface area (Å²) in [7, 11) is 0. The highest BCUT2D eigenvalue weighted by molar-refractivity contribution is 5.90. The van der Waals surface area contributed by atoms with Crippen molar-refractivity contribution in [2.45, 2.75) is 25.7 Å². The number of carbonyl (C=O) groups excluding carboxylic acids is 1. The van der Waals surface area contributed by atoms with Crippen molar-refractivity contribution in [3.05, 3.63) is 24.5 Å². The summed E-state index contributed by atoms with van der Waals surface area (Å²) in [6.07, 6.45) is 6.51. The van der Waals surface area contributed by atoms with Gasteiger partial charge in [-0.25, -0.2) is 0 Å².